The van der Waals surface area contributed by atoms with Crippen molar-refractivity contribution in [3.05, 3.63) is 124 Å². The van der Waals surface area contributed by atoms with Crippen molar-refractivity contribution in [2.75, 3.05) is 14.1 Å². The van der Waals surface area contributed by atoms with Crippen molar-refractivity contribution < 1.29 is 13.2 Å². The van der Waals surface area contributed by atoms with E-state index in [4.69, 9.17) is 0 Å². The lowest BCUT2D eigenvalue weighted by atomic mass is 9.83. The van der Waals surface area contributed by atoms with Gasteiger partial charge in [0.05, 0.1) is 11.3 Å². The Bertz CT molecular complexity index is 1600. The summed E-state index contributed by atoms with van der Waals surface area (Å²) in [4.78, 5) is 15.3. The second kappa shape index (κ2) is 13.5. The molecule has 6 heteroatoms. The Morgan fingerprint density at radius 2 is 1.31 bits per heavy atom. The van der Waals surface area contributed by atoms with E-state index in [1.807, 2.05) is 25.1 Å². The predicted molar refractivity (Wildman–Crippen MR) is 172 cm³/mol. The molecule has 0 heterocycles. The number of sulfonamides is 1. The highest BCUT2D eigenvalue weighted by Crippen LogP contribution is 2.34. The van der Waals surface area contributed by atoms with Crippen LogP contribution in [0, 0.1) is 0 Å². The summed E-state index contributed by atoms with van der Waals surface area (Å²) in [7, 11) is -0.0745. The van der Waals surface area contributed by atoms with Gasteiger partial charge in [-0.1, -0.05) is 107 Å². The molecule has 0 unspecified atom stereocenters. The van der Waals surface area contributed by atoms with Crippen molar-refractivity contribution in [2.24, 2.45) is 0 Å². The average Bonchev–Trinajstić information content (AvgIpc) is 2.93. The van der Waals surface area contributed by atoms with E-state index < -0.39 is 15.9 Å². The molecule has 0 aliphatic rings. The zero-order chi connectivity index (χ0) is 30.4. The maximum absolute atomic E-state index is 13.2. The molecule has 0 spiro atoms. The molecule has 4 aromatic rings. The zero-order valence-electron chi connectivity index (χ0n) is 25.5. The van der Waals surface area contributed by atoms with Crippen molar-refractivity contribution in [1.82, 2.24) is 9.62 Å². The summed E-state index contributed by atoms with van der Waals surface area (Å²) in [6.45, 7) is 9.16. The molecule has 220 valence electrons. The van der Waals surface area contributed by atoms with Gasteiger partial charge >= 0.3 is 0 Å². The molecule has 0 bridgehead atoms. The lowest BCUT2D eigenvalue weighted by Gasteiger charge is -2.22. The number of benzene rings is 4. The van der Waals surface area contributed by atoms with Gasteiger partial charge in [-0.15, -0.1) is 0 Å². The molecule has 0 aliphatic carbocycles. The van der Waals surface area contributed by atoms with E-state index >= 15 is 0 Å². The van der Waals surface area contributed by atoms with Gasteiger partial charge in [-0.2, -0.15) is 0 Å². The lowest BCUT2D eigenvalue weighted by molar-refractivity contribution is -0.118. The van der Waals surface area contributed by atoms with Crippen molar-refractivity contribution in [2.45, 2.75) is 63.8 Å². The second-order valence-corrected chi connectivity index (χ2v) is 13.6. The first-order valence-corrected chi connectivity index (χ1v) is 16.0. The fourth-order valence-corrected chi connectivity index (χ4v) is 6.34. The molecule has 0 saturated carbocycles. The summed E-state index contributed by atoms with van der Waals surface area (Å²) in [5, 5.41) is 0. The van der Waals surface area contributed by atoms with E-state index in [2.05, 4.69) is 93.1 Å². The first kappa shape index (κ1) is 31.2. The number of nitrogens with zero attached hydrogens (tertiary/aromatic N) is 1. The first-order valence-electron chi connectivity index (χ1n) is 14.5. The van der Waals surface area contributed by atoms with E-state index in [9.17, 15) is 13.2 Å². The molecule has 4 rings (SSSR count). The van der Waals surface area contributed by atoms with E-state index in [1.165, 1.54) is 11.1 Å². The van der Waals surface area contributed by atoms with Crippen LogP contribution in [0.15, 0.2) is 95.9 Å². The molecule has 4 aromatic carbocycles. The van der Waals surface area contributed by atoms with Crippen LogP contribution in [0.5, 0.6) is 0 Å². The van der Waals surface area contributed by atoms with Gasteiger partial charge in [0.25, 0.3) is 10.0 Å². The third kappa shape index (κ3) is 7.96. The smallest absolute Gasteiger partial charge is 0.264 e. The largest absolute Gasteiger partial charge is 0.305 e. The minimum atomic E-state index is -3.99. The molecule has 42 heavy (non-hydrogen) atoms. The zero-order valence-corrected chi connectivity index (χ0v) is 26.3. The monoisotopic (exact) mass is 582 g/mol. The van der Waals surface area contributed by atoms with Crippen molar-refractivity contribution in [1.29, 1.82) is 0 Å². The molecule has 1 amide bonds. The van der Waals surface area contributed by atoms with Crippen LogP contribution in [0.2, 0.25) is 0 Å². The molecule has 5 nitrogen and oxygen atoms in total. The highest BCUT2D eigenvalue weighted by molar-refractivity contribution is 7.90. The number of rotatable bonds is 11. The minimum Gasteiger partial charge on any atom is -0.305 e. The Kier molecular flexibility index (Phi) is 10.0. The summed E-state index contributed by atoms with van der Waals surface area (Å²) in [5.41, 5.74) is 8.75. The Balaban J connectivity index is 1.62. The summed E-state index contributed by atoms with van der Waals surface area (Å²) >= 11 is 0. The van der Waals surface area contributed by atoms with Crippen LogP contribution in [0.4, 0.5) is 0 Å². The van der Waals surface area contributed by atoms with E-state index in [0.717, 1.165) is 39.8 Å². The van der Waals surface area contributed by atoms with Crippen LogP contribution in [-0.4, -0.2) is 33.3 Å². The van der Waals surface area contributed by atoms with E-state index in [-0.39, 0.29) is 23.2 Å². The Hall–Kier alpha value is -3.74. The maximum atomic E-state index is 13.2. The van der Waals surface area contributed by atoms with Crippen molar-refractivity contribution in [3.63, 3.8) is 0 Å². The van der Waals surface area contributed by atoms with Gasteiger partial charge in [-0.3, -0.25) is 4.79 Å². The van der Waals surface area contributed by atoms with Gasteiger partial charge < -0.3 is 4.90 Å². The maximum Gasteiger partial charge on any atom is 0.264 e. The van der Waals surface area contributed by atoms with Crippen LogP contribution in [-0.2, 0) is 34.2 Å². The molecule has 0 radical (unpaired) electrons. The van der Waals surface area contributed by atoms with Gasteiger partial charge in [0.2, 0.25) is 5.91 Å². The number of carbonyl (C=O) groups is 1. The molecule has 0 atom stereocenters. The summed E-state index contributed by atoms with van der Waals surface area (Å²) in [5.74, 6) is -0.231. The summed E-state index contributed by atoms with van der Waals surface area (Å²) in [6.07, 6.45) is 0.848. The van der Waals surface area contributed by atoms with Crippen LogP contribution in [0.25, 0.3) is 11.1 Å². The highest BCUT2D eigenvalue weighted by Gasteiger charge is 2.23. The van der Waals surface area contributed by atoms with Gasteiger partial charge in [0.15, 0.2) is 0 Å². The molecular formula is C36H42N2O3S. The van der Waals surface area contributed by atoms with Gasteiger partial charge in [-0.05, 0) is 89.0 Å². The first-order chi connectivity index (χ1) is 19.9. The molecule has 0 aromatic heterocycles. The third-order valence-electron chi connectivity index (χ3n) is 7.39. The molecular weight excluding hydrogens is 540 g/mol. The lowest BCUT2D eigenvalue weighted by Crippen LogP contribution is -2.32. The summed E-state index contributed by atoms with van der Waals surface area (Å²) in [6, 6.07) is 30.0. The molecule has 0 aliphatic heterocycles. The third-order valence-corrected chi connectivity index (χ3v) is 8.78. The normalized spacial score (nSPS) is 11.8. The Morgan fingerprint density at radius 1 is 0.714 bits per heavy atom. The summed E-state index contributed by atoms with van der Waals surface area (Å²) < 4.78 is 28.4. The Labute approximate surface area is 251 Å². The number of hydrogen-bond donors (Lipinski definition) is 1. The SMILES string of the molecule is CC(C)c1cc(-c2cccc(Cc3ccccc3)c2)cc(C(C)C)c1CC(=O)NS(=O)(=O)c1ccc(CN(C)C)cc1. The highest BCUT2D eigenvalue weighted by atomic mass is 32.2. The fraction of sp³-hybridized carbons (Fsp3) is 0.306. The van der Waals surface area contributed by atoms with Crippen molar-refractivity contribution >= 4 is 15.9 Å². The quantitative estimate of drug-likeness (QED) is 0.202. The number of amides is 1. The van der Waals surface area contributed by atoms with Crippen LogP contribution in [0.3, 0.4) is 0 Å². The molecule has 0 saturated heterocycles. The van der Waals surface area contributed by atoms with Crippen LogP contribution >= 0.6 is 0 Å². The topological polar surface area (TPSA) is 66.5 Å². The van der Waals surface area contributed by atoms with Crippen LogP contribution < -0.4 is 4.72 Å². The minimum absolute atomic E-state index is 0.00665. The number of hydrogen-bond acceptors (Lipinski definition) is 4. The van der Waals surface area contributed by atoms with Crippen LogP contribution in [0.1, 0.15) is 72.9 Å². The van der Waals surface area contributed by atoms with E-state index in [1.54, 1.807) is 24.3 Å². The number of nitrogens with one attached hydrogen (secondary N) is 1. The molecule has 0 fully saturated rings. The van der Waals surface area contributed by atoms with Gasteiger partial charge in [0, 0.05) is 6.54 Å². The van der Waals surface area contributed by atoms with Gasteiger partial charge in [0.1, 0.15) is 0 Å². The number of carbonyl (C=O) groups excluding carboxylic acids is 1. The Morgan fingerprint density at radius 3 is 1.88 bits per heavy atom. The predicted octanol–water partition coefficient (Wildman–Crippen LogP) is 7.30. The fourth-order valence-electron chi connectivity index (χ4n) is 5.36. The molecule has 1 N–H and O–H groups in total. The van der Waals surface area contributed by atoms with Gasteiger partial charge in [-0.25, -0.2) is 13.1 Å². The van der Waals surface area contributed by atoms with Crippen molar-refractivity contribution in [3.8, 4) is 11.1 Å². The standard InChI is InChI=1S/C36H42N2O3S/c1-25(2)33-21-31(30-14-10-13-29(20-30)19-27-11-8-7-9-12-27)22-34(26(3)4)35(33)23-36(39)37-42(40,41)32-17-15-28(16-18-32)24-38(5)6/h7-18,20-22,25-26H,19,23-24H2,1-6H3,(H,37,39). The van der Waals surface area contributed by atoms with E-state index in [0.29, 0.717) is 6.54 Å². The second-order valence-electron chi connectivity index (χ2n) is 11.9. The average molecular weight is 583 g/mol.